The van der Waals surface area contributed by atoms with Gasteiger partial charge in [-0.05, 0) is 12.1 Å². The first-order valence-corrected chi connectivity index (χ1v) is 6.66. The lowest BCUT2D eigenvalue weighted by atomic mass is 10.2. The van der Waals surface area contributed by atoms with Gasteiger partial charge < -0.3 is 24.7 Å². The Labute approximate surface area is 127 Å². The highest BCUT2D eigenvalue weighted by atomic mass is 16.6. The van der Waals surface area contributed by atoms with Gasteiger partial charge in [0.2, 0.25) is 0 Å². The maximum Gasteiger partial charge on any atom is 0.169 e. The molecule has 0 aliphatic carbocycles. The highest BCUT2D eigenvalue weighted by molar-refractivity contribution is 5.64. The summed E-state index contributed by atoms with van der Waals surface area (Å²) < 4.78 is 22.0. The summed E-state index contributed by atoms with van der Waals surface area (Å²) in [5.74, 6) is 2.54. The number of nitrogen functional groups attached to an aromatic ring is 1. The topological polar surface area (TPSA) is 86.7 Å². The molecule has 2 N–H and O–H groups in total. The van der Waals surface area contributed by atoms with E-state index in [1.54, 1.807) is 30.3 Å². The van der Waals surface area contributed by atoms with Crippen LogP contribution in [-0.4, -0.2) is 20.3 Å². The smallest absolute Gasteiger partial charge is 0.169 e. The quantitative estimate of drug-likeness (QED) is 0.877. The van der Waals surface area contributed by atoms with Crippen molar-refractivity contribution >= 4 is 5.69 Å². The van der Waals surface area contributed by atoms with Crippen molar-refractivity contribution in [3.63, 3.8) is 0 Å². The van der Waals surface area contributed by atoms with Gasteiger partial charge in [0.1, 0.15) is 13.2 Å². The van der Waals surface area contributed by atoms with Crippen LogP contribution in [0.2, 0.25) is 0 Å². The number of methoxy groups -OCH3 is 1. The molecule has 0 fully saturated rings. The van der Waals surface area contributed by atoms with Gasteiger partial charge in [0.15, 0.2) is 28.7 Å². The van der Waals surface area contributed by atoms with Crippen LogP contribution < -0.4 is 24.7 Å². The van der Waals surface area contributed by atoms with E-state index in [1.165, 1.54) is 7.11 Å². The summed E-state index contributed by atoms with van der Waals surface area (Å²) in [4.78, 5) is 0. The summed E-state index contributed by atoms with van der Waals surface area (Å²) in [6.07, 6.45) is 0. The number of hydrogen-bond acceptors (Lipinski definition) is 6. The first-order valence-electron chi connectivity index (χ1n) is 6.66. The Hall–Kier alpha value is -3.07. The van der Waals surface area contributed by atoms with Crippen molar-refractivity contribution in [1.29, 1.82) is 5.26 Å². The van der Waals surface area contributed by atoms with Crippen LogP contribution in [0.4, 0.5) is 5.69 Å². The zero-order valence-electron chi connectivity index (χ0n) is 12.0. The normalized spacial score (nSPS) is 12.4. The molecule has 0 saturated heterocycles. The summed E-state index contributed by atoms with van der Waals surface area (Å²) in [5.41, 5.74) is 6.90. The van der Waals surface area contributed by atoms with Gasteiger partial charge in [0, 0.05) is 18.2 Å². The SMILES string of the molecule is COc1cc(C#N)ccc1Oc1cc2c(cc1N)OCCO2. The molecule has 2 aromatic carbocycles. The van der Waals surface area contributed by atoms with E-state index in [1.807, 2.05) is 6.07 Å². The van der Waals surface area contributed by atoms with Gasteiger partial charge in [-0.2, -0.15) is 5.26 Å². The third kappa shape index (κ3) is 2.56. The van der Waals surface area contributed by atoms with Crippen LogP contribution in [-0.2, 0) is 0 Å². The summed E-state index contributed by atoms with van der Waals surface area (Å²) >= 11 is 0. The van der Waals surface area contributed by atoms with Crippen molar-refractivity contribution in [2.24, 2.45) is 0 Å². The summed E-state index contributed by atoms with van der Waals surface area (Å²) in [6.45, 7) is 0.979. The van der Waals surface area contributed by atoms with E-state index in [-0.39, 0.29) is 0 Å². The van der Waals surface area contributed by atoms with Gasteiger partial charge in [-0.15, -0.1) is 0 Å². The van der Waals surface area contributed by atoms with Gasteiger partial charge in [0.05, 0.1) is 24.4 Å². The first-order chi connectivity index (χ1) is 10.7. The second-order valence-corrected chi connectivity index (χ2v) is 4.61. The molecule has 0 unspecified atom stereocenters. The Morgan fingerprint density at radius 2 is 1.77 bits per heavy atom. The minimum atomic E-state index is 0.427. The fourth-order valence-electron chi connectivity index (χ4n) is 2.11. The van der Waals surface area contributed by atoms with Crippen LogP contribution in [0.15, 0.2) is 30.3 Å². The van der Waals surface area contributed by atoms with Crippen LogP contribution in [0.3, 0.4) is 0 Å². The van der Waals surface area contributed by atoms with E-state index in [2.05, 4.69) is 0 Å². The molecule has 6 heteroatoms. The van der Waals surface area contributed by atoms with E-state index in [4.69, 9.17) is 29.9 Å². The molecule has 0 aromatic heterocycles. The summed E-state index contributed by atoms with van der Waals surface area (Å²) in [5, 5.41) is 8.92. The lowest BCUT2D eigenvalue weighted by Crippen LogP contribution is -2.15. The number of nitriles is 1. The zero-order valence-corrected chi connectivity index (χ0v) is 12.0. The monoisotopic (exact) mass is 298 g/mol. The molecule has 112 valence electrons. The average Bonchev–Trinajstić information content (AvgIpc) is 2.55. The number of anilines is 1. The molecule has 1 heterocycles. The van der Waals surface area contributed by atoms with Crippen molar-refractivity contribution in [2.75, 3.05) is 26.1 Å². The number of nitrogens with two attached hydrogens (primary N) is 1. The predicted octanol–water partition coefficient (Wildman–Crippen LogP) is 2.71. The molecule has 0 amide bonds. The van der Waals surface area contributed by atoms with Crippen molar-refractivity contribution in [1.82, 2.24) is 0 Å². The Morgan fingerprint density at radius 3 is 2.45 bits per heavy atom. The van der Waals surface area contributed by atoms with Gasteiger partial charge >= 0.3 is 0 Å². The van der Waals surface area contributed by atoms with Crippen LogP contribution in [0.5, 0.6) is 28.7 Å². The highest BCUT2D eigenvalue weighted by Crippen LogP contribution is 2.41. The minimum absolute atomic E-state index is 0.427. The molecule has 0 saturated carbocycles. The van der Waals surface area contributed by atoms with Crippen LogP contribution in [0.1, 0.15) is 5.56 Å². The summed E-state index contributed by atoms with van der Waals surface area (Å²) in [6, 6.07) is 10.3. The number of benzene rings is 2. The van der Waals surface area contributed by atoms with E-state index in [0.29, 0.717) is 53.2 Å². The Bertz CT molecular complexity index is 753. The lowest BCUT2D eigenvalue weighted by molar-refractivity contribution is 0.171. The molecular formula is C16H14N2O4. The molecule has 1 aliphatic rings. The molecule has 1 aliphatic heterocycles. The van der Waals surface area contributed by atoms with Crippen molar-refractivity contribution < 1.29 is 18.9 Å². The molecule has 0 radical (unpaired) electrons. The molecular weight excluding hydrogens is 284 g/mol. The standard InChI is InChI=1S/C16H14N2O4/c1-19-14-6-10(9-17)2-3-12(14)22-13-8-16-15(7-11(13)18)20-4-5-21-16/h2-3,6-8H,4-5,18H2,1H3. The number of fused-ring (bicyclic) bond motifs is 1. The van der Waals surface area contributed by atoms with Crippen molar-refractivity contribution in [3.05, 3.63) is 35.9 Å². The third-order valence-electron chi connectivity index (χ3n) is 3.19. The fourth-order valence-corrected chi connectivity index (χ4v) is 2.11. The maximum absolute atomic E-state index is 8.92. The fraction of sp³-hybridized carbons (Fsp3) is 0.188. The summed E-state index contributed by atoms with van der Waals surface area (Å²) in [7, 11) is 1.51. The van der Waals surface area contributed by atoms with Crippen LogP contribution in [0.25, 0.3) is 0 Å². The number of hydrogen-bond donors (Lipinski definition) is 1. The lowest BCUT2D eigenvalue weighted by Gasteiger charge is -2.20. The van der Waals surface area contributed by atoms with Crippen LogP contribution in [0, 0.1) is 11.3 Å². The van der Waals surface area contributed by atoms with Crippen LogP contribution >= 0.6 is 0 Å². The number of rotatable bonds is 3. The van der Waals surface area contributed by atoms with Gasteiger partial charge in [0.25, 0.3) is 0 Å². The Kier molecular flexibility index (Phi) is 3.62. The molecule has 6 nitrogen and oxygen atoms in total. The zero-order chi connectivity index (χ0) is 15.5. The van der Waals surface area contributed by atoms with Gasteiger partial charge in [-0.1, -0.05) is 0 Å². The molecule has 2 aromatic rings. The second kappa shape index (κ2) is 5.74. The Morgan fingerprint density at radius 1 is 1.05 bits per heavy atom. The van der Waals surface area contributed by atoms with Gasteiger partial charge in [-0.25, -0.2) is 0 Å². The van der Waals surface area contributed by atoms with Crippen molar-refractivity contribution in [3.8, 4) is 34.8 Å². The molecule has 0 bridgehead atoms. The van der Waals surface area contributed by atoms with E-state index in [0.717, 1.165) is 0 Å². The molecule has 22 heavy (non-hydrogen) atoms. The number of nitrogens with zero attached hydrogens (tertiary/aromatic N) is 1. The number of ether oxygens (including phenoxy) is 4. The predicted molar refractivity (Wildman–Crippen MR) is 79.6 cm³/mol. The molecule has 0 atom stereocenters. The van der Waals surface area contributed by atoms with Crippen molar-refractivity contribution in [2.45, 2.75) is 0 Å². The highest BCUT2D eigenvalue weighted by Gasteiger charge is 2.17. The van der Waals surface area contributed by atoms with Gasteiger partial charge in [-0.3, -0.25) is 0 Å². The van der Waals surface area contributed by atoms with E-state index in [9.17, 15) is 0 Å². The first kappa shape index (κ1) is 13.9. The Balaban J connectivity index is 1.95. The maximum atomic E-state index is 8.92. The van der Waals surface area contributed by atoms with E-state index < -0.39 is 0 Å². The van der Waals surface area contributed by atoms with E-state index >= 15 is 0 Å². The third-order valence-corrected chi connectivity index (χ3v) is 3.19. The second-order valence-electron chi connectivity index (χ2n) is 4.61. The molecule has 3 rings (SSSR count). The largest absolute Gasteiger partial charge is 0.493 e. The minimum Gasteiger partial charge on any atom is -0.493 e. The molecule has 0 spiro atoms. The average molecular weight is 298 g/mol.